The molecule has 2 aliphatic heterocycles. The summed E-state index contributed by atoms with van der Waals surface area (Å²) in [5.41, 5.74) is 5.06. The molecule has 11 N–H and O–H groups in total. The van der Waals surface area contributed by atoms with Crippen LogP contribution in [0.15, 0.2) is 22.2 Å². The molecule has 21 heteroatoms. The number of imidazole rings is 2. The molecule has 8 atom stereocenters. The van der Waals surface area contributed by atoms with Crippen molar-refractivity contribution in [1.82, 2.24) is 39.0 Å². The largest absolute Gasteiger partial charge is 0.395 e. The van der Waals surface area contributed by atoms with Crippen LogP contribution in [0.1, 0.15) is 39.4 Å². The van der Waals surface area contributed by atoms with Gasteiger partial charge in [0.1, 0.15) is 23.0 Å². The van der Waals surface area contributed by atoms with E-state index in [9.17, 15) is 39.9 Å². The Labute approximate surface area is 275 Å². The predicted octanol–water partition coefficient (Wildman–Crippen LogP) is -1.66. The number of H-pyrrole nitrogens is 2. The minimum Gasteiger partial charge on any atom is -0.395 e. The monoisotopic (exact) mass is 700 g/mol. The first-order chi connectivity index (χ1) is 21.4. The molecule has 6 heterocycles. The van der Waals surface area contributed by atoms with Crippen molar-refractivity contribution in [2.45, 2.75) is 74.4 Å². The van der Waals surface area contributed by atoms with E-state index in [0.29, 0.717) is 0 Å². The zero-order chi connectivity index (χ0) is 32.7. The molecule has 1 amide bonds. The van der Waals surface area contributed by atoms with E-state index in [0.717, 1.165) is 11.8 Å². The SMILES string of the molecule is C.C.CC(C)C(=O)Nc1nc2c(ncn2[C@@H]2S[C@H](CO)[C@@H](O)[C@H]2O)c(=O)[nH]1.Nc1nc2c(ncn2[C@@H]2S[C@H](CO)[C@@H](O)[C@H]2O)c(=O)[nH]1. The van der Waals surface area contributed by atoms with Gasteiger partial charge in [0.2, 0.25) is 17.8 Å². The van der Waals surface area contributed by atoms with E-state index in [1.165, 1.54) is 33.6 Å². The number of carbonyl (C=O) groups excluding carboxylic acids is 1. The van der Waals surface area contributed by atoms with Crippen molar-refractivity contribution in [1.29, 1.82) is 0 Å². The Morgan fingerprint density at radius 3 is 1.72 bits per heavy atom. The van der Waals surface area contributed by atoms with Gasteiger partial charge in [-0.1, -0.05) is 28.7 Å². The molecule has 6 rings (SSSR count). The number of anilines is 2. The van der Waals surface area contributed by atoms with Gasteiger partial charge in [0.15, 0.2) is 22.3 Å². The van der Waals surface area contributed by atoms with Crippen molar-refractivity contribution in [2.24, 2.45) is 5.92 Å². The number of amides is 1. The van der Waals surface area contributed by atoms with E-state index >= 15 is 0 Å². The molecule has 260 valence electrons. The lowest BCUT2D eigenvalue weighted by Gasteiger charge is -2.17. The summed E-state index contributed by atoms with van der Waals surface area (Å²) >= 11 is 2.35. The van der Waals surface area contributed by atoms with Gasteiger partial charge in [-0.15, -0.1) is 23.5 Å². The van der Waals surface area contributed by atoms with Gasteiger partial charge in [0, 0.05) is 5.92 Å². The fourth-order valence-corrected chi connectivity index (χ4v) is 7.53. The van der Waals surface area contributed by atoms with Gasteiger partial charge in [0.05, 0.1) is 48.6 Å². The summed E-state index contributed by atoms with van der Waals surface area (Å²) < 4.78 is 2.94. The van der Waals surface area contributed by atoms with Crippen LogP contribution in [0, 0.1) is 5.92 Å². The van der Waals surface area contributed by atoms with Crippen molar-refractivity contribution in [3.8, 4) is 0 Å². The third kappa shape index (κ3) is 7.16. The summed E-state index contributed by atoms with van der Waals surface area (Å²) in [6.07, 6.45) is -1.73. The first kappa shape index (κ1) is 37.9. The molecule has 0 unspecified atom stereocenters. The van der Waals surface area contributed by atoms with Gasteiger partial charge in [-0.05, 0) is 0 Å². The average molecular weight is 701 g/mol. The van der Waals surface area contributed by atoms with Crippen LogP contribution in [0.4, 0.5) is 11.9 Å². The Bertz CT molecular complexity index is 1810. The summed E-state index contributed by atoms with van der Waals surface area (Å²) in [4.78, 5) is 56.6. The first-order valence-corrected chi connectivity index (χ1v) is 15.5. The number of nitrogen functional groups attached to an aromatic ring is 1. The first-order valence-electron chi connectivity index (χ1n) is 13.6. The number of nitrogens with one attached hydrogen (secondary N) is 3. The highest BCUT2D eigenvalue weighted by molar-refractivity contribution is 8.00. The number of nitrogens with zero attached hydrogens (tertiary/aromatic N) is 6. The molecular formula is C26H40N10O9S2. The zero-order valence-corrected chi connectivity index (χ0v) is 25.4. The lowest BCUT2D eigenvalue weighted by molar-refractivity contribution is -0.118. The molecule has 4 aromatic heterocycles. The predicted molar refractivity (Wildman–Crippen MR) is 177 cm³/mol. The molecule has 0 spiro atoms. The summed E-state index contributed by atoms with van der Waals surface area (Å²) in [5.74, 6) is -0.672. The Morgan fingerprint density at radius 2 is 1.30 bits per heavy atom. The normalized spacial score (nSPS) is 26.9. The standard InChI is InChI=1S/C14H19N5O5S.C10H13N5O4S.2CH4/c1-5(2)11(23)17-14-16-10-7(12(24)18-14)15-4-19(10)13-9(22)8(21)6(3-20)25-13;11-10-13-7-4(8(19)14-10)12-2-15(7)9-6(18)5(17)3(1-16)20-9;;/h4-6,8-9,13,20-22H,3H2,1-2H3,(H2,16,17,18,23,24);2-3,5-6,9,16-18H,1H2,(H3,11,13,14,19);2*1H4/t6-,8-,9-,13-;3-,5-,6-,9-;;/m11../s1. The van der Waals surface area contributed by atoms with Crippen LogP contribution < -0.4 is 22.2 Å². The Kier molecular flexibility index (Phi) is 12.2. The summed E-state index contributed by atoms with van der Waals surface area (Å²) in [6, 6.07) is 0. The molecule has 2 aliphatic rings. The van der Waals surface area contributed by atoms with E-state index < -0.39 is 56.8 Å². The molecule has 2 fully saturated rings. The van der Waals surface area contributed by atoms with Gasteiger partial charge in [-0.3, -0.25) is 38.8 Å². The maximum atomic E-state index is 12.2. The maximum absolute atomic E-state index is 12.2. The number of fused-ring (bicyclic) bond motifs is 2. The van der Waals surface area contributed by atoms with Crippen LogP contribution >= 0.6 is 23.5 Å². The molecule has 0 aromatic carbocycles. The molecular weight excluding hydrogens is 660 g/mol. The Hall–Kier alpha value is -3.57. The second-order valence-corrected chi connectivity index (χ2v) is 13.3. The molecule has 0 radical (unpaired) electrons. The number of aliphatic hydroxyl groups is 6. The topological polar surface area (TPSA) is 304 Å². The Morgan fingerprint density at radius 1 is 0.851 bits per heavy atom. The number of nitrogens with two attached hydrogens (primary N) is 1. The quantitative estimate of drug-likeness (QED) is 0.108. The van der Waals surface area contributed by atoms with Crippen LogP contribution in [0.3, 0.4) is 0 Å². The van der Waals surface area contributed by atoms with Crippen molar-refractivity contribution in [2.75, 3.05) is 24.3 Å². The van der Waals surface area contributed by atoms with Crippen LogP contribution in [-0.4, -0.2) is 124 Å². The molecule has 2 saturated heterocycles. The number of hydrogen-bond donors (Lipinski definition) is 10. The maximum Gasteiger partial charge on any atom is 0.280 e. The van der Waals surface area contributed by atoms with E-state index in [4.69, 9.17) is 10.8 Å². The van der Waals surface area contributed by atoms with E-state index in [1.54, 1.807) is 13.8 Å². The number of aromatic nitrogens is 8. The lowest BCUT2D eigenvalue weighted by Crippen LogP contribution is -2.32. The molecule has 0 aliphatic carbocycles. The van der Waals surface area contributed by atoms with Crippen molar-refractivity contribution >= 4 is 63.7 Å². The van der Waals surface area contributed by atoms with Crippen molar-refractivity contribution in [3.05, 3.63) is 33.4 Å². The van der Waals surface area contributed by atoms with Crippen LogP contribution in [0.2, 0.25) is 0 Å². The third-order valence-electron chi connectivity index (χ3n) is 7.23. The van der Waals surface area contributed by atoms with Crippen LogP contribution in [0.5, 0.6) is 0 Å². The van der Waals surface area contributed by atoms with Crippen LogP contribution in [0.25, 0.3) is 22.3 Å². The second-order valence-electron chi connectivity index (χ2n) is 10.6. The lowest BCUT2D eigenvalue weighted by atomic mass is 10.1. The van der Waals surface area contributed by atoms with Crippen LogP contribution in [-0.2, 0) is 4.79 Å². The molecule has 0 saturated carbocycles. The summed E-state index contributed by atoms with van der Waals surface area (Å²) in [5, 5.41) is 58.7. The molecule has 0 bridgehead atoms. The minimum atomic E-state index is -1.16. The number of aliphatic hydroxyl groups excluding tert-OH is 6. The number of carbonyl (C=O) groups is 1. The van der Waals surface area contributed by atoms with E-state index in [2.05, 4.69) is 35.2 Å². The highest BCUT2D eigenvalue weighted by Crippen LogP contribution is 2.43. The molecule has 47 heavy (non-hydrogen) atoms. The van der Waals surface area contributed by atoms with Crippen molar-refractivity contribution < 1.29 is 35.4 Å². The smallest absolute Gasteiger partial charge is 0.280 e. The fourth-order valence-electron chi connectivity index (χ4n) is 4.78. The number of aromatic amines is 2. The Balaban J connectivity index is 0.000000250. The third-order valence-corrected chi connectivity index (χ3v) is 10.4. The second kappa shape index (κ2) is 15.1. The number of thioether (sulfide) groups is 2. The number of hydrogen-bond acceptors (Lipinski definition) is 16. The summed E-state index contributed by atoms with van der Waals surface area (Å²) in [6.45, 7) is 2.86. The van der Waals surface area contributed by atoms with Gasteiger partial charge in [-0.2, -0.15) is 9.97 Å². The van der Waals surface area contributed by atoms with E-state index in [1.807, 2.05) is 0 Å². The average Bonchev–Trinajstić information content (AvgIpc) is 3.75. The molecule has 19 nitrogen and oxygen atoms in total. The highest BCUT2D eigenvalue weighted by atomic mass is 32.2. The van der Waals surface area contributed by atoms with E-state index in [-0.39, 0.29) is 74.1 Å². The van der Waals surface area contributed by atoms with Gasteiger partial charge >= 0.3 is 0 Å². The van der Waals surface area contributed by atoms with Gasteiger partial charge in [0.25, 0.3) is 11.1 Å². The summed E-state index contributed by atoms with van der Waals surface area (Å²) in [7, 11) is 0. The fraction of sp³-hybridized carbons (Fsp3) is 0.577. The highest BCUT2D eigenvalue weighted by Gasteiger charge is 2.44. The van der Waals surface area contributed by atoms with Gasteiger partial charge in [-0.25, -0.2) is 9.97 Å². The number of rotatable bonds is 6. The van der Waals surface area contributed by atoms with Crippen molar-refractivity contribution in [3.63, 3.8) is 0 Å². The minimum absolute atomic E-state index is 0. The van der Waals surface area contributed by atoms with Gasteiger partial charge < -0.3 is 36.4 Å². The molecule has 4 aromatic rings. The zero-order valence-electron chi connectivity index (χ0n) is 23.8.